The Hall–Kier alpha value is -1.59. The van der Waals surface area contributed by atoms with Gasteiger partial charge in [-0.3, -0.25) is 4.79 Å². The Labute approximate surface area is 139 Å². The van der Waals surface area contributed by atoms with Crippen LogP contribution in [0, 0.1) is 5.92 Å². The van der Waals surface area contributed by atoms with Gasteiger partial charge in [-0.2, -0.15) is 0 Å². The summed E-state index contributed by atoms with van der Waals surface area (Å²) in [5, 5.41) is 12.2. The van der Waals surface area contributed by atoms with Gasteiger partial charge in [0.15, 0.2) is 0 Å². The molecule has 23 heavy (non-hydrogen) atoms. The Kier molecular flexibility index (Phi) is 8.66. The van der Waals surface area contributed by atoms with Gasteiger partial charge in [0.05, 0.1) is 6.10 Å². The molecule has 4 N–H and O–H groups in total. The molecule has 2 rings (SSSR count). The zero-order chi connectivity index (χ0) is 17.2. The number of hydrogen-bond donors (Lipinski definition) is 3. The third-order valence-electron chi connectivity index (χ3n) is 4.10. The van der Waals surface area contributed by atoms with Gasteiger partial charge in [-0.1, -0.05) is 39.3 Å². The molecule has 0 aliphatic carbocycles. The third kappa shape index (κ3) is 6.20. The average molecular weight is 322 g/mol. The maximum absolute atomic E-state index is 10.7. The first-order chi connectivity index (χ1) is 11.1. The molecule has 0 radical (unpaired) electrons. The molecule has 1 aliphatic rings. The summed E-state index contributed by atoms with van der Waals surface area (Å²) in [4.78, 5) is 10.7. The van der Waals surface area contributed by atoms with E-state index in [0.29, 0.717) is 12.3 Å². The molecule has 1 heterocycles. The fourth-order valence-corrected chi connectivity index (χ4v) is 2.70. The van der Waals surface area contributed by atoms with Crippen molar-refractivity contribution in [2.24, 2.45) is 11.7 Å². The van der Waals surface area contributed by atoms with Crippen LogP contribution in [0.2, 0.25) is 0 Å². The molecule has 0 saturated carbocycles. The van der Waals surface area contributed by atoms with E-state index in [1.54, 1.807) is 0 Å². The van der Waals surface area contributed by atoms with E-state index in [9.17, 15) is 4.79 Å². The van der Waals surface area contributed by atoms with Gasteiger partial charge in [-0.15, -0.1) is 0 Å². The number of aliphatic carboxylic acids is 1. The second kappa shape index (κ2) is 10.2. The fourth-order valence-electron chi connectivity index (χ4n) is 2.70. The zero-order valence-corrected chi connectivity index (χ0v) is 14.4. The molecule has 1 aromatic rings. The number of nitrogens with one attached hydrogen (secondary N) is 1. The van der Waals surface area contributed by atoms with Crippen LogP contribution in [0.15, 0.2) is 24.3 Å². The molecule has 1 aliphatic heterocycles. The Bertz CT molecular complexity index is 462. The van der Waals surface area contributed by atoms with Crippen LogP contribution < -0.4 is 11.1 Å². The maximum Gasteiger partial charge on any atom is 0.320 e. The van der Waals surface area contributed by atoms with E-state index < -0.39 is 12.0 Å². The minimum absolute atomic E-state index is 0.287. The third-order valence-corrected chi connectivity index (χ3v) is 4.10. The van der Waals surface area contributed by atoms with Crippen molar-refractivity contribution in [1.82, 2.24) is 0 Å². The number of benzene rings is 1. The lowest BCUT2D eigenvalue weighted by Gasteiger charge is -2.18. The zero-order valence-electron chi connectivity index (χ0n) is 14.4. The van der Waals surface area contributed by atoms with Crippen LogP contribution in [-0.2, 0) is 16.0 Å². The molecular formula is C18H30N2O3. The minimum atomic E-state index is -0.971. The van der Waals surface area contributed by atoms with Gasteiger partial charge >= 0.3 is 5.97 Å². The molecule has 5 nitrogen and oxygen atoms in total. The minimum Gasteiger partial charge on any atom is -0.480 e. The summed E-state index contributed by atoms with van der Waals surface area (Å²) >= 11 is 0. The summed E-state index contributed by atoms with van der Waals surface area (Å²) in [5.41, 5.74) is 7.48. The summed E-state index contributed by atoms with van der Waals surface area (Å²) in [6.07, 6.45) is 2.93. The van der Waals surface area contributed by atoms with Crippen LogP contribution in [0.4, 0.5) is 5.69 Å². The van der Waals surface area contributed by atoms with Crippen molar-refractivity contribution in [3.63, 3.8) is 0 Å². The number of rotatable bonds is 7. The van der Waals surface area contributed by atoms with Crippen molar-refractivity contribution >= 4 is 11.7 Å². The Balaban J connectivity index is 0.00000127. The van der Waals surface area contributed by atoms with Gasteiger partial charge in [0.1, 0.15) is 6.04 Å². The monoisotopic (exact) mass is 322 g/mol. The summed E-state index contributed by atoms with van der Waals surface area (Å²) in [5.74, 6) is -0.327. The quantitative estimate of drug-likeness (QED) is 0.719. The Morgan fingerprint density at radius 1 is 1.39 bits per heavy atom. The number of nitrogens with two attached hydrogens (primary N) is 1. The van der Waals surface area contributed by atoms with Crippen molar-refractivity contribution in [1.29, 1.82) is 0 Å². The highest BCUT2D eigenvalue weighted by Gasteiger charge is 2.26. The molecule has 0 amide bonds. The lowest BCUT2D eigenvalue weighted by molar-refractivity contribution is -0.138. The number of carboxylic acids is 1. The van der Waals surface area contributed by atoms with Crippen LogP contribution in [0.3, 0.4) is 0 Å². The van der Waals surface area contributed by atoms with Crippen molar-refractivity contribution < 1.29 is 14.6 Å². The highest BCUT2D eigenvalue weighted by atomic mass is 16.5. The van der Waals surface area contributed by atoms with Gasteiger partial charge in [0, 0.05) is 18.8 Å². The molecule has 1 fully saturated rings. The van der Waals surface area contributed by atoms with E-state index in [1.807, 2.05) is 38.1 Å². The van der Waals surface area contributed by atoms with E-state index in [1.165, 1.54) is 0 Å². The van der Waals surface area contributed by atoms with Crippen LogP contribution in [0.25, 0.3) is 0 Å². The Morgan fingerprint density at radius 3 is 2.61 bits per heavy atom. The van der Waals surface area contributed by atoms with Crippen molar-refractivity contribution in [2.45, 2.75) is 52.2 Å². The molecule has 0 spiro atoms. The van der Waals surface area contributed by atoms with Crippen LogP contribution >= 0.6 is 0 Å². The second-order valence-electron chi connectivity index (χ2n) is 5.59. The first kappa shape index (κ1) is 19.5. The SMILES string of the molecule is CC.CCC1CCOC1CNc1ccc(CC(N)C(=O)O)cc1. The van der Waals surface area contributed by atoms with Gasteiger partial charge in [0.2, 0.25) is 0 Å². The number of carbonyl (C=O) groups is 1. The van der Waals surface area contributed by atoms with Gasteiger partial charge < -0.3 is 20.9 Å². The molecule has 1 saturated heterocycles. The molecule has 5 heteroatoms. The number of anilines is 1. The Morgan fingerprint density at radius 2 is 2.04 bits per heavy atom. The van der Waals surface area contributed by atoms with Gasteiger partial charge in [-0.25, -0.2) is 0 Å². The molecule has 3 unspecified atom stereocenters. The van der Waals surface area contributed by atoms with Crippen molar-refractivity contribution in [3.8, 4) is 0 Å². The lowest BCUT2D eigenvalue weighted by atomic mass is 9.98. The van der Waals surface area contributed by atoms with E-state index in [0.717, 1.165) is 37.2 Å². The predicted molar refractivity (Wildman–Crippen MR) is 93.7 cm³/mol. The molecule has 3 atom stereocenters. The largest absolute Gasteiger partial charge is 0.480 e. The summed E-state index contributed by atoms with van der Waals surface area (Å²) in [6, 6.07) is 6.90. The standard InChI is InChI=1S/C16H24N2O3.C2H6/c1-2-12-7-8-21-15(12)10-18-13-5-3-11(4-6-13)9-14(17)16(19)20;1-2/h3-6,12,14-15,18H,2,7-10,17H2,1H3,(H,19,20);1-2H3. The number of hydrogen-bond acceptors (Lipinski definition) is 4. The van der Waals surface area contributed by atoms with E-state index in [2.05, 4.69) is 12.2 Å². The highest BCUT2D eigenvalue weighted by Crippen LogP contribution is 2.24. The number of carboxylic acid groups (broad SMARTS) is 1. The smallest absolute Gasteiger partial charge is 0.320 e. The molecule has 1 aromatic carbocycles. The van der Waals surface area contributed by atoms with Crippen molar-refractivity contribution in [3.05, 3.63) is 29.8 Å². The van der Waals surface area contributed by atoms with Crippen molar-refractivity contribution in [2.75, 3.05) is 18.5 Å². The fraction of sp³-hybridized carbons (Fsp3) is 0.611. The van der Waals surface area contributed by atoms with E-state index in [-0.39, 0.29) is 6.10 Å². The van der Waals surface area contributed by atoms with Crippen LogP contribution in [0.5, 0.6) is 0 Å². The topological polar surface area (TPSA) is 84.6 Å². The molecule has 0 bridgehead atoms. The summed E-state index contributed by atoms with van der Waals surface area (Å²) in [6.45, 7) is 7.87. The normalized spacial score (nSPS) is 21.2. The second-order valence-corrected chi connectivity index (χ2v) is 5.59. The van der Waals surface area contributed by atoms with E-state index in [4.69, 9.17) is 15.6 Å². The summed E-state index contributed by atoms with van der Waals surface area (Å²) in [7, 11) is 0. The molecule has 0 aromatic heterocycles. The highest BCUT2D eigenvalue weighted by molar-refractivity contribution is 5.73. The molecule has 130 valence electrons. The van der Waals surface area contributed by atoms with Gasteiger partial charge in [-0.05, 0) is 36.5 Å². The van der Waals surface area contributed by atoms with E-state index >= 15 is 0 Å². The summed E-state index contributed by atoms with van der Waals surface area (Å²) < 4.78 is 5.74. The number of ether oxygens (including phenoxy) is 1. The molecular weight excluding hydrogens is 292 g/mol. The maximum atomic E-state index is 10.7. The van der Waals surface area contributed by atoms with Gasteiger partial charge in [0.25, 0.3) is 0 Å². The van der Waals surface area contributed by atoms with Crippen LogP contribution in [-0.4, -0.2) is 36.4 Å². The first-order valence-corrected chi connectivity index (χ1v) is 8.53. The predicted octanol–water partition coefficient (Wildman–Crippen LogP) is 2.89. The average Bonchev–Trinajstić information content (AvgIpc) is 3.03. The first-order valence-electron chi connectivity index (χ1n) is 8.53. The lowest BCUT2D eigenvalue weighted by Crippen LogP contribution is -2.32. The van der Waals surface area contributed by atoms with Crippen LogP contribution in [0.1, 0.15) is 39.2 Å².